The summed E-state index contributed by atoms with van der Waals surface area (Å²) in [7, 11) is 1.91. The van der Waals surface area contributed by atoms with Gasteiger partial charge in [0, 0.05) is 44.3 Å². The molecule has 1 aromatic heterocycles. The molecule has 10 heteroatoms. The number of piperazine rings is 1. The predicted molar refractivity (Wildman–Crippen MR) is 165 cm³/mol. The fraction of sp³-hybridized carbons (Fsp3) is 0.531. The lowest BCUT2D eigenvalue weighted by molar-refractivity contribution is -0.131. The van der Waals surface area contributed by atoms with E-state index in [1.54, 1.807) is 17.4 Å². The number of nitrogens with zero attached hydrogens (tertiary/aromatic N) is 4. The third-order valence-electron chi connectivity index (χ3n) is 7.31. The molecule has 0 bridgehead atoms. The minimum absolute atomic E-state index is 0.0198. The number of halogens is 1. The molecular formula is C32H44ClN5O4. The first-order valence-corrected chi connectivity index (χ1v) is 14.8. The van der Waals surface area contributed by atoms with Crippen LogP contribution < -0.4 is 5.32 Å². The zero-order valence-electron chi connectivity index (χ0n) is 25.9. The molecule has 1 fully saturated rings. The van der Waals surface area contributed by atoms with Gasteiger partial charge in [-0.25, -0.2) is 9.78 Å². The Balaban J connectivity index is 1.65. The molecule has 0 unspecified atom stereocenters. The highest BCUT2D eigenvalue weighted by Crippen LogP contribution is 2.43. The van der Waals surface area contributed by atoms with Gasteiger partial charge >= 0.3 is 6.09 Å². The van der Waals surface area contributed by atoms with Gasteiger partial charge in [-0.1, -0.05) is 35.9 Å². The molecule has 0 spiro atoms. The zero-order chi connectivity index (χ0) is 30.8. The van der Waals surface area contributed by atoms with Crippen LogP contribution in [0.3, 0.4) is 0 Å². The summed E-state index contributed by atoms with van der Waals surface area (Å²) in [6, 6.07) is 5.45. The van der Waals surface area contributed by atoms with Crippen LogP contribution in [0.15, 0.2) is 49.0 Å². The van der Waals surface area contributed by atoms with E-state index in [1.165, 1.54) is 0 Å². The van der Waals surface area contributed by atoms with Crippen molar-refractivity contribution >= 4 is 29.2 Å². The van der Waals surface area contributed by atoms with E-state index in [9.17, 15) is 9.59 Å². The molecule has 2 heterocycles. The van der Waals surface area contributed by atoms with Crippen LogP contribution in [0.1, 0.15) is 76.9 Å². The molecular weight excluding hydrogens is 554 g/mol. The van der Waals surface area contributed by atoms with E-state index >= 15 is 0 Å². The largest absolute Gasteiger partial charge is 0.444 e. The number of ether oxygens (including phenoxy) is 2. The first kappa shape index (κ1) is 31.8. The molecule has 228 valence electrons. The van der Waals surface area contributed by atoms with E-state index in [0.717, 1.165) is 28.0 Å². The van der Waals surface area contributed by atoms with Gasteiger partial charge in [-0.2, -0.15) is 0 Å². The van der Waals surface area contributed by atoms with Crippen LogP contribution in [-0.2, 0) is 21.3 Å². The molecule has 1 aromatic carbocycles. The number of aromatic nitrogens is 2. The topological polar surface area (TPSA) is 88.9 Å². The van der Waals surface area contributed by atoms with E-state index in [2.05, 4.69) is 33.9 Å². The molecule has 0 radical (unpaired) electrons. The number of hydrogen-bond donors (Lipinski definition) is 1. The fourth-order valence-corrected chi connectivity index (χ4v) is 5.50. The lowest BCUT2D eigenvalue weighted by atomic mass is 9.90. The molecule has 0 saturated carbocycles. The van der Waals surface area contributed by atoms with Crippen molar-refractivity contribution in [2.75, 3.05) is 32.8 Å². The molecule has 9 nitrogen and oxygen atoms in total. The zero-order valence-corrected chi connectivity index (χ0v) is 26.6. The number of fused-ring (bicyclic) bond motifs is 1. The van der Waals surface area contributed by atoms with Crippen LogP contribution in [0.25, 0.3) is 5.57 Å². The van der Waals surface area contributed by atoms with Crippen LogP contribution >= 0.6 is 11.6 Å². The van der Waals surface area contributed by atoms with Gasteiger partial charge in [0.15, 0.2) is 0 Å². The molecule has 2 aromatic rings. The van der Waals surface area contributed by atoms with Gasteiger partial charge in [0.25, 0.3) is 0 Å². The molecule has 42 heavy (non-hydrogen) atoms. The van der Waals surface area contributed by atoms with Crippen molar-refractivity contribution in [3.05, 3.63) is 70.8 Å². The van der Waals surface area contributed by atoms with Crippen LogP contribution in [0.5, 0.6) is 0 Å². The maximum atomic E-state index is 13.2. The number of nitrogens with one attached hydrogen (secondary N) is 1. The summed E-state index contributed by atoms with van der Waals surface area (Å²) in [5.74, 6) is -0.231. The van der Waals surface area contributed by atoms with Gasteiger partial charge in [-0.15, -0.1) is 0 Å². The predicted octanol–water partition coefficient (Wildman–Crippen LogP) is 5.68. The number of hydrogen-bond acceptors (Lipinski definition) is 6. The number of benzene rings is 1. The number of allylic oxidation sites excluding steroid dienone is 1. The van der Waals surface area contributed by atoms with Crippen molar-refractivity contribution in [3.8, 4) is 0 Å². The van der Waals surface area contributed by atoms with E-state index in [0.29, 0.717) is 37.6 Å². The first-order valence-electron chi connectivity index (χ1n) is 14.4. The van der Waals surface area contributed by atoms with E-state index in [4.69, 9.17) is 21.1 Å². The van der Waals surface area contributed by atoms with Crippen LogP contribution in [0.4, 0.5) is 4.79 Å². The summed E-state index contributed by atoms with van der Waals surface area (Å²) in [5, 5.41) is 3.80. The minimum atomic E-state index is -0.535. The lowest BCUT2D eigenvalue weighted by Crippen LogP contribution is -2.50. The summed E-state index contributed by atoms with van der Waals surface area (Å²) < 4.78 is 13.3. The Bertz CT molecular complexity index is 1350. The Hall–Kier alpha value is -3.14. The third-order valence-corrected chi connectivity index (χ3v) is 7.54. The summed E-state index contributed by atoms with van der Waals surface area (Å²) in [6.07, 6.45) is 5.96. The van der Waals surface area contributed by atoms with Crippen molar-refractivity contribution < 1.29 is 19.1 Å². The third kappa shape index (κ3) is 8.02. The van der Waals surface area contributed by atoms with Gasteiger partial charge in [0.05, 0.1) is 29.9 Å². The van der Waals surface area contributed by atoms with Crippen LogP contribution in [0.2, 0.25) is 5.02 Å². The Labute approximate surface area is 254 Å². The minimum Gasteiger partial charge on any atom is -0.444 e. The highest BCUT2D eigenvalue weighted by molar-refractivity contribution is 6.30. The molecule has 1 aliphatic heterocycles. The molecule has 2 atom stereocenters. The Morgan fingerprint density at radius 3 is 2.40 bits per heavy atom. The van der Waals surface area contributed by atoms with Gasteiger partial charge in [-0.3, -0.25) is 9.69 Å². The summed E-state index contributed by atoms with van der Waals surface area (Å²) in [4.78, 5) is 34.4. The smallest absolute Gasteiger partial charge is 0.410 e. The standard InChI is InChI=1S/C32H44ClN5O4/c1-21-15-25(29(27-18-34-20-36(27)8)35-28(39)19-41-31(2,3)4)24-17-22(33)9-10-23(24)26(16-21)37-11-13-38(14-12-37)30(40)42-32(5,6)7/h9-10,15,17-18,20,26,29H,1,11-14,16,19H2,2-8H3,(H,35,39)/t26-,29-/m1/s1. The number of amides is 2. The second-order valence-corrected chi connectivity index (χ2v) is 13.5. The first-order chi connectivity index (χ1) is 19.6. The average molecular weight is 598 g/mol. The van der Waals surface area contributed by atoms with E-state index in [1.807, 2.05) is 65.3 Å². The Morgan fingerprint density at radius 2 is 1.81 bits per heavy atom. The van der Waals surface area contributed by atoms with Crippen molar-refractivity contribution in [2.45, 2.75) is 71.2 Å². The molecule has 2 amide bonds. The van der Waals surface area contributed by atoms with E-state index in [-0.39, 0.29) is 24.6 Å². The number of rotatable bonds is 6. The second-order valence-electron chi connectivity index (χ2n) is 13.0. The molecule has 1 N–H and O–H groups in total. The Morgan fingerprint density at radius 1 is 1.12 bits per heavy atom. The van der Waals surface area contributed by atoms with Gasteiger partial charge < -0.3 is 24.3 Å². The highest BCUT2D eigenvalue weighted by Gasteiger charge is 2.34. The SMILES string of the molecule is C=C1C=C([C@@H](NC(=O)COC(C)(C)C)c2cncn2C)c2cc(Cl)ccc2[C@H](N2CCN(C(=O)OC(C)(C)C)CC2)C1. The van der Waals surface area contributed by atoms with Crippen molar-refractivity contribution in [1.82, 2.24) is 24.7 Å². The van der Waals surface area contributed by atoms with Crippen molar-refractivity contribution in [1.29, 1.82) is 0 Å². The monoisotopic (exact) mass is 597 g/mol. The van der Waals surface area contributed by atoms with Crippen molar-refractivity contribution in [2.24, 2.45) is 7.05 Å². The van der Waals surface area contributed by atoms with Crippen LogP contribution in [0, 0.1) is 0 Å². The number of carbonyl (C=O) groups excluding carboxylic acids is 2. The van der Waals surface area contributed by atoms with Gasteiger partial charge in [-0.05, 0) is 76.8 Å². The number of aryl methyl sites for hydroxylation is 1. The summed E-state index contributed by atoms with van der Waals surface area (Å²) in [5.41, 5.74) is 3.71. The maximum Gasteiger partial charge on any atom is 0.410 e. The van der Waals surface area contributed by atoms with Crippen LogP contribution in [-0.4, -0.2) is 75.3 Å². The normalized spacial score (nSPS) is 19.0. The van der Waals surface area contributed by atoms with E-state index < -0.39 is 17.2 Å². The second kappa shape index (κ2) is 12.6. The Kier molecular flexibility index (Phi) is 9.55. The molecule has 1 aliphatic carbocycles. The molecule has 2 aliphatic rings. The number of carbonyl (C=O) groups is 2. The van der Waals surface area contributed by atoms with Gasteiger partial charge in [0.2, 0.25) is 5.91 Å². The maximum absolute atomic E-state index is 13.2. The summed E-state index contributed by atoms with van der Waals surface area (Å²) >= 11 is 6.59. The fourth-order valence-electron chi connectivity index (χ4n) is 5.33. The number of imidazole rings is 1. The lowest BCUT2D eigenvalue weighted by Gasteiger charge is -2.40. The van der Waals surface area contributed by atoms with Crippen molar-refractivity contribution in [3.63, 3.8) is 0 Å². The summed E-state index contributed by atoms with van der Waals surface area (Å²) in [6.45, 7) is 18.3. The molecule has 4 rings (SSSR count). The average Bonchev–Trinajstić information content (AvgIpc) is 3.26. The quantitative estimate of drug-likeness (QED) is 0.461. The molecule has 1 saturated heterocycles. The highest BCUT2D eigenvalue weighted by atomic mass is 35.5. The van der Waals surface area contributed by atoms with Gasteiger partial charge in [0.1, 0.15) is 12.2 Å².